The summed E-state index contributed by atoms with van der Waals surface area (Å²) in [7, 11) is 0. The van der Waals surface area contributed by atoms with Gasteiger partial charge in [-0.2, -0.15) is 10.2 Å². The van der Waals surface area contributed by atoms with Crippen LogP contribution in [0.15, 0.2) is 12.3 Å². The summed E-state index contributed by atoms with van der Waals surface area (Å²) in [6.07, 6.45) is 1.87. The van der Waals surface area contributed by atoms with Gasteiger partial charge in [-0.15, -0.1) is 5.10 Å². The summed E-state index contributed by atoms with van der Waals surface area (Å²) in [4.78, 5) is 0. The van der Waals surface area contributed by atoms with Crippen LogP contribution in [-0.2, 0) is 6.54 Å². The van der Waals surface area contributed by atoms with Gasteiger partial charge in [-0.1, -0.05) is 0 Å². The van der Waals surface area contributed by atoms with Crippen LogP contribution in [-0.4, -0.2) is 20.0 Å². The van der Waals surface area contributed by atoms with E-state index in [-0.39, 0.29) is 0 Å². The van der Waals surface area contributed by atoms with Gasteiger partial charge in [-0.3, -0.25) is 0 Å². The first kappa shape index (κ1) is 10.8. The highest BCUT2D eigenvalue weighted by Crippen LogP contribution is 2.16. The molecule has 0 saturated heterocycles. The monoisotopic (exact) mass is 217 g/mol. The molecule has 5 nitrogen and oxygen atoms in total. The molecule has 0 radical (unpaired) electrons. The lowest BCUT2D eigenvalue weighted by Gasteiger charge is -2.10. The fourth-order valence-corrected chi connectivity index (χ4v) is 1.61. The number of rotatable bonds is 2. The van der Waals surface area contributed by atoms with Crippen molar-refractivity contribution in [2.45, 2.75) is 27.3 Å². The van der Waals surface area contributed by atoms with E-state index in [2.05, 4.69) is 15.3 Å². The first-order chi connectivity index (χ1) is 7.63. The number of aryl methyl sites for hydroxylation is 2. The van der Waals surface area contributed by atoms with Crippen LogP contribution in [0.3, 0.4) is 0 Å². The standard InChI is InChI=1S/C11H15N5/c1-7-4-5-16(15-7)11-10(6-12)8(2)9(3)13-14-11/h4-5H,6,12H2,1-3H3. The third kappa shape index (κ3) is 1.69. The van der Waals surface area contributed by atoms with Gasteiger partial charge in [0.05, 0.1) is 11.4 Å². The highest BCUT2D eigenvalue weighted by Gasteiger charge is 2.11. The molecule has 0 bridgehead atoms. The Morgan fingerprint density at radius 3 is 2.56 bits per heavy atom. The third-order valence-electron chi connectivity index (χ3n) is 2.70. The van der Waals surface area contributed by atoms with Crippen LogP contribution in [0.25, 0.3) is 5.82 Å². The van der Waals surface area contributed by atoms with Crippen LogP contribution in [0.5, 0.6) is 0 Å². The molecular formula is C11H15N5. The van der Waals surface area contributed by atoms with E-state index in [1.165, 1.54) is 0 Å². The molecule has 16 heavy (non-hydrogen) atoms. The largest absolute Gasteiger partial charge is 0.326 e. The zero-order valence-electron chi connectivity index (χ0n) is 9.73. The van der Waals surface area contributed by atoms with Crippen molar-refractivity contribution in [3.63, 3.8) is 0 Å². The molecule has 2 heterocycles. The molecule has 0 amide bonds. The van der Waals surface area contributed by atoms with Crippen molar-refractivity contribution in [3.8, 4) is 5.82 Å². The predicted octanol–water partition coefficient (Wildman–Crippen LogP) is 1.05. The Labute approximate surface area is 94.3 Å². The fourth-order valence-electron chi connectivity index (χ4n) is 1.61. The van der Waals surface area contributed by atoms with E-state index in [4.69, 9.17) is 5.73 Å². The number of hydrogen-bond acceptors (Lipinski definition) is 4. The van der Waals surface area contributed by atoms with Crippen LogP contribution in [0.1, 0.15) is 22.5 Å². The van der Waals surface area contributed by atoms with Crippen LogP contribution in [0.2, 0.25) is 0 Å². The predicted molar refractivity (Wildman–Crippen MR) is 61.3 cm³/mol. The molecule has 0 aliphatic heterocycles. The van der Waals surface area contributed by atoms with Gasteiger partial charge in [0.15, 0.2) is 5.82 Å². The maximum Gasteiger partial charge on any atom is 0.180 e. The van der Waals surface area contributed by atoms with Crippen LogP contribution in [0, 0.1) is 20.8 Å². The number of aromatic nitrogens is 4. The van der Waals surface area contributed by atoms with Gasteiger partial charge in [-0.25, -0.2) is 4.68 Å². The smallest absolute Gasteiger partial charge is 0.180 e. The summed E-state index contributed by atoms with van der Waals surface area (Å²) in [5.41, 5.74) is 9.69. The quantitative estimate of drug-likeness (QED) is 0.816. The molecular weight excluding hydrogens is 202 g/mol. The highest BCUT2D eigenvalue weighted by atomic mass is 15.3. The fraction of sp³-hybridized carbons (Fsp3) is 0.364. The summed E-state index contributed by atoms with van der Waals surface area (Å²) in [6, 6.07) is 1.93. The summed E-state index contributed by atoms with van der Waals surface area (Å²) >= 11 is 0. The number of nitrogens with zero attached hydrogens (tertiary/aromatic N) is 4. The van der Waals surface area contributed by atoms with Gasteiger partial charge in [-0.05, 0) is 32.4 Å². The molecule has 2 N–H and O–H groups in total. The van der Waals surface area contributed by atoms with Crippen LogP contribution >= 0.6 is 0 Å². The Kier molecular flexibility index (Phi) is 2.70. The van der Waals surface area contributed by atoms with E-state index in [0.29, 0.717) is 6.54 Å². The number of hydrogen-bond donors (Lipinski definition) is 1. The van der Waals surface area contributed by atoms with E-state index in [1.807, 2.05) is 33.0 Å². The molecule has 0 fully saturated rings. The molecule has 0 unspecified atom stereocenters. The van der Waals surface area contributed by atoms with Crippen molar-refractivity contribution in [3.05, 3.63) is 34.8 Å². The molecule has 0 atom stereocenters. The first-order valence-corrected chi connectivity index (χ1v) is 5.19. The molecule has 2 aromatic heterocycles. The molecule has 84 valence electrons. The van der Waals surface area contributed by atoms with Crippen molar-refractivity contribution in [1.29, 1.82) is 0 Å². The molecule has 0 aliphatic carbocycles. The Morgan fingerprint density at radius 2 is 2.00 bits per heavy atom. The van der Waals surface area contributed by atoms with E-state index < -0.39 is 0 Å². The zero-order valence-corrected chi connectivity index (χ0v) is 9.73. The Balaban J connectivity index is 2.61. The molecule has 0 aliphatic rings. The van der Waals surface area contributed by atoms with Gasteiger partial charge < -0.3 is 5.73 Å². The Hall–Kier alpha value is -1.75. The normalized spacial score (nSPS) is 10.8. The maximum absolute atomic E-state index is 5.76. The Bertz CT molecular complexity index is 515. The topological polar surface area (TPSA) is 69.6 Å². The van der Waals surface area contributed by atoms with Crippen molar-refractivity contribution in [1.82, 2.24) is 20.0 Å². The number of nitrogens with two attached hydrogens (primary N) is 1. The molecule has 5 heteroatoms. The average Bonchev–Trinajstić information content (AvgIpc) is 2.68. The van der Waals surface area contributed by atoms with Crippen LogP contribution in [0.4, 0.5) is 0 Å². The maximum atomic E-state index is 5.76. The van der Waals surface area contributed by atoms with Crippen molar-refractivity contribution >= 4 is 0 Å². The molecule has 2 aromatic rings. The summed E-state index contributed by atoms with van der Waals surface area (Å²) in [6.45, 7) is 6.31. The van der Waals surface area contributed by atoms with Crippen molar-refractivity contribution in [2.24, 2.45) is 5.73 Å². The Morgan fingerprint density at radius 1 is 1.25 bits per heavy atom. The second-order valence-corrected chi connectivity index (χ2v) is 3.82. The first-order valence-electron chi connectivity index (χ1n) is 5.19. The summed E-state index contributed by atoms with van der Waals surface area (Å²) < 4.78 is 1.72. The van der Waals surface area contributed by atoms with E-state index in [9.17, 15) is 0 Å². The minimum Gasteiger partial charge on any atom is -0.326 e. The lowest BCUT2D eigenvalue weighted by molar-refractivity contribution is 0.768. The lowest BCUT2D eigenvalue weighted by atomic mass is 10.1. The minimum absolute atomic E-state index is 0.441. The van der Waals surface area contributed by atoms with Gasteiger partial charge >= 0.3 is 0 Å². The van der Waals surface area contributed by atoms with E-state index in [0.717, 1.165) is 28.3 Å². The zero-order chi connectivity index (χ0) is 11.7. The second kappa shape index (κ2) is 4.02. The SMILES string of the molecule is Cc1ccn(-c2nnc(C)c(C)c2CN)n1. The van der Waals surface area contributed by atoms with Crippen molar-refractivity contribution < 1.29 is 0 Å². The van der Waals surface area contributed by atoms with Gasteiger partial charge in [0.25, 0.3) is 0 Å². The van der Waals surface area contributed by atoms with Gasteiger partial charge in [0, 0.05) is 18.3 Å². The van der Waals surface area contributed by atoms with Crippen molar-refractivity contribution in [2.75, 3.05) is 0 Å². The lowest BCUT2D eigenvalue weighted by Crippen LogP contribution is -2.12. The van der Waals surface area contributed by atoms with E-state index >= 15 is 0 Å². The third-order valence-corrected chi connectivity index (χ3v) is 2.70. The second-order valence-electron chi connectivity index (χ2n) is 3.82. The summed E-state index contributed by atoms with van der Waals surface area (Å²) in [5, 5.41) is 12.6. The highest BCUT2D eigenvalue weighted by molar-refractivity contribution is 5.39. The van der Waals surface area contributed by atoms with E-state index in [1.54, 1.807) is 4.68 Å². The molecule has 2 rings (SSSR count). The molecule has 0 spiro atoms. The molecule has 0 saturated carbocycles. The minimum atomic E-state index is 0.441. The van der Waals surface area contributed by atoms with Crippen LogP contribution < -0.4 is 5.73 Å². The summed E-state index contributed by atoms with van der Waals surface area (Å²) in [5.74, 6) is 0.721. The average molecular weight is 217 g/mol. The van der Waals surface area contributed by atoms with Gasteiger partial charge in [0.1, 0.15) is 0 Å². The van der Waals surface area contributed by atoms with Gasteiger partial charge in [0.2, 0.25) is 0 Å². The molecule has 0 aromatic carbocycles.